The Morgan fingerprint density at radius 1 is 1.13 bits per heavy atom. The molecule has 1 amide bonds. The fraction of sp³-hybridized carbons (Fsp3) is 0.286. The van der Waals surface area contributed by atoms with E-state index in [0.29, 0.717) is 5.56 Å². The topological polar surface area (TPSA) is 110 Å². The zero-order valence-corrected chi connectivity index (χ0v) is 17.8. The van der Waals surface area contributed by atoms with Gasteiger partial charge in [0.15, 0.2) is 12.4 Å². The summed E-state index contributed by atoms with van der Waals surface area (Å²) in [5.74, 6) is -0.331. The summed E-state index contributed by atoms with van der Waals surface area (Å²) < 4.78 is 31.7. The van der Waals surface area contributed by atoms with Crippen LogP contribution in [0.5, 0.6) is 5.75 Å². The van der Waals surface area contributed by atoms with E-state index in [-0.39, 0.29) is 50.1 Å². The Bertz CT molecular complexity index is 1080. The van der Waals surface area contributed by atoms with Crippen molar-refractivity contribution in [2.45, 2.75) is 6.92 Å². The van der Waals surface area contributed by atoms with Gasteiger partial charge in [0.2, 0.25) is 10.0 Å². The van der Waals surface area contributed by atoms with Gasteiger partial charge < -0.3 is 9.64 Å². The van der Waals surface area contributed by atoms with Gasteiger partial charge in [-0.25, -0.2) is 8.42 Å². The summed E-state index contributed by atoms with van der Waals surface area (Å²) in [6.07, 6.45) is 1.54. The van der Waals surface area contributed by atoms with Crippen molar-refractivity contribution in [1.29, 1.82) is 0 Å². The number of nitro groups is 1. The molecule has 3 rings (SSSR count). The van der Waals surface area contributed by atoms with Gasteiger partial charge in [-0.1, -0.05) is 36.4 Å². The SMILES string of the molecule is Cc1ccc(OCC(=O)N2CCN(S(=O)(=O)/C=C/c3ccccc3)CC2)c([N+](=O)[O-])c1. The molecule has 0 aromatic heterocycles. The number of piperazine rings is 1. The second kappa shape index (κ2) is 9.71. The number of nitrogens with zero attached hydrogens (tertiary/aromatic N) is 3. The Hall–Kier alpha value is -3.24. The molecule has 1 saturated heterocycles. The molecule has 0 spiro atoms. The van der Waals surface area contributed by atoms with Gasteiger partial charge in [-0.2, -0.15) is 4.31 Å². The third kappa shape index (κ3) is 5.89. The van der Waals surface area contributed by atoms with Gasteiger partial charge in [0, 0.05) is 37.7 Å². The molecular formula is C21H23N3O6S. The minimum absolute atomic E-state index is 0.0243. The number of hydrogen-bond acceptors (Lipinski definition) is 6. The molecule has 2 aromatic rings. The lowest BCUT2D eigenvalue weighted by Crippen LogP contribution is -2.51. The Morgan fingerprint density at radius 2 is 1.81 bits per heavy atom. The molecule has 0 saturated carbocycles. The lowest BCUT2D eigenvalue weighted by molar-refractivity contribution is -0.385. The fourth-order valence-electron chi connectivity index (χ4n) is 3.13. The average molecular weight is 445 g/mol. The van der Waals surface area contributed by atoms with Crippen LogP contribution >= 0.6 is 0 Å². The second-order valence-electron chi connectivity index (χ2n) is 7.06. The van der Waals surface area contributed by atoms with Crippen molar-refractivity contribution < 1.29 is 22.9 Å². The molecule has 0 atom stereocenters. The quantitative estimate of drug-likeness (QED) is 0.478. The number of rotatable bonds is 7. The molecule has 0 bridgehead atoms. The highest BCUT2D eigenvalue weighted by Crippen LogP contribution is 2.27. The molecule has 1 aliphatic heterocycles. The smallest absolute Gasteiger partial charge is 0.311 e. The number of carbonyl (C=O) groups is 1. The Labute approximate surface area is 180 Å². The van der Waals surface area contributed by atoms with E-state index in [1.165, 1.54) is 32.8 Å². The minimum atomic E-state index is -3.60. The number of carbonyl (C=O) groups excluding carboxylic acids is 1. The maximum atomic E-state index is 12.5. The molecule has 0 aliphatic carbocycles. The fourth-order valence-corrected chi connectivity index (χ4v) is 4.30. The Balaban J connectivity index is 1.54. The van der Waals surface area contributed by atoms with Crippen LogP contribution in [0.1, 0.15) is 11.1 Å². The van der Waals surface area contributed by atoms with E-state index in [0.717, 1.165) is 5.56 Å². The number of aryl methyl sites for hydroxylation is 1. The monoisotopic (exact) mass is 445 g/mol. The third-order valence-electron chi connectivity index (χ3n) is 4.85. The molecule has 2 aromatic carbocycles. The molecule has 31 heavy (non-hydrogen) atoms. The molecule has 1 aliphatic rings. The minimum Gasteiger partial charge on any atom is -0.477 e. The summed E-state index contributed by atoms with van der Waals surface area (Å²) in [6, 6.07) is 13.6. The van der Waals surface area contributed by atoms with E-state index in [1.54, 1.807) is 25.1 Å². The van der Waals surface area contributed by atoms with Crippen LogP contribution in [0.2, 0.25) is 0 Å². The van der Waals surface area contributed by atoms with Crippen molar-refractivity contribution in [2.75, 3.05) is 32.8 Å². The van der Waals surface area contributed by atoms with Crippen molar-refractivity contribution in [3.05, 3.63) is 75.2 Å². The van der Waals surface area contributed by atoms with Crippen LogP contribution in [0.25, 0.3) is 6.08 Å². The summed E-state index contributed by atoms with van der Waals surface area (Å²) in [5, 5.41) is 12.3. The molecule has 9 nitrogen and oxygen atoms in total. The lowest BCUT2D eigenvalue weighted by atomic mass is 10.2. The molecular weight excluding hydrogens is 422 g/mol. The van der Waals surface area contributed by atoms with Crippen LogP contribution < -0.4 is 4.74 Å². The van der Waals surface area contributed by atoms with E-state index >= 15 is 0 Å². The highest BCUT2D eigenvalue weighted by molar-refractivity contribution is 7.92. The first-order valence-corrected chi connectivity index (χ1v) is 11.2. The Morgan fingerprint density at radius 3 is 2.45 bits per heavy atom. The van der Waals surface area contributed by atoms with Gasteiger partial charge in [-0.05, 0) is 30.2 Å². The lowest BCUT2D eigenvalue weighted by Gasteiger charge is -2.33. The normalized spacial score (nSPS) is 15.2. The van der Waals surface area contributed by atoms with Gasteiger partial charge >= 0.3 is 5.69 Å². The number of nitro benzene ring substituents is 1. The van der Waals surface area contributed by atoms with E-state index in [2.05, 4.69) is 0 Å². The maximum Gasteiger partial charge on any atom is 0.311 e. The van der Waals surface area contributed by atoms with Gasteiger partial charge in [-0.3, -0.25) is 14.9 Å². The first-order chi connectivity index (χ1) is 14.8. The van der Waals surface area contributed by atoms with Crippen molar-refractivity contribution in [3.8, 4) is 5.75 Å². The van der Waals surface area contributed by atoms with E-state index in [1.807, 2.05) is 18.2 Å². The van der Waals surface area contributed by atoms with Crippen LogP contribution in [0, 0.1) is 17.0 Å². The van der Waals surface area contributed by atoms with Gasteiger partial charge in [0.1, 0.15) is 0 Å². The van der Waals surface area contributed by atoms with Gasteiger partial charge in [0.25, 0.3) is 5.91 Å². The van der Waals surface area contributed by atoms with Crippen molar-refractivity contribution >= 4 is 27.7 Å². The summed E-state index contributed by atoms with van der Waals surface area (Å²) in [7, 11) is -3.60. The zero-order chi connectivity index (χ0) is 22.4. The average Bonchev–Trinajstić information content (AvgIpc) is 2.77. The summed E-state index contributed by atoms with van der Waals surface area (Å²) in [4.78, 5) is 24.5. The largest absolute Gasteiger partial charge is 0.477 e. The van der Waals surface area contributed by atoms with Crippen LogP contribution in [-0.2, 0) is 14.8 Å². The maximum absolute atomic E-state index is 12.5. The third-order valence-corrected chi connectivity index (χ3v) is 6.41. The summed E-state index contributed by atoms with van der Waals surface area (Å²) >= 11 is 0. The number of ether oxygens (including phenoxy) is 1. The van der Waals surface area contributed by atoms with Gasteiger partial charge in [-0.15, -0.1) is 0 Å². The van der Waals surface area contributed by atoms with Gasteiger partial charge in [0.05, 0.1) is 4.92 Å². The summed E-state index contributed by atoms with van der Waals surface area (Å²) in [6.45, 7) is 2.14. The number of benzene rings is 2. The van der Waals surface area contributed by atoms with E-state index in [9.17, 15) is 23.3 Å². The van der Waals surface area contributed by atoms with Crippen molar-refractivity contribution in [3.63, 3.8) is 0 Å². The molecule has 1 fully saturated rings. The number of sulfonamides is 1. The predicted octanol–water partition coefficient (Wildman–Crippen LogP) is 2.43. The molecule has 164 valence electrons. The first kappa shape index (κ1) is 22.4. The van der Waals surface area contributed by atoms with Crippen molar-refractivity contribution in [2.24, 2.45) is 0 Å². The number of hydrogen-bond donors (Lipinski definition) is 0. The Kier molecular flexibility index (Phi) is 7.03. The molecule has 10 heteroatoms. The zero-order valence-electron chi connectivity index (χ0n) is 17.0. The first-order valence-electron chi connectivity index (χ1n) is 9.65. The number of amides is 1. The van der Waals surface area contributed by atoms with Crippen LogP contribution in [0.4, 0.5) is 5.69 Å². The highest BCUT2D eigenvalue weighted by Gasteiger charge is 2.28. The van der Waals surface area contributed by atoms with E-state index < -0.39 is 14.9 Å². The highest BCUT2D eigenvalue weighted by atomic mass is 32.2. The van der Waals surface area contributed by atoms with Crippen molar-refractivity contribution in [1.82, 2.24) is 9.21 Å². The van der Waals surface area contributed by atoms with Crippen LogP contribution in [-0.4, -0.2) is 61.2 Å². The molecule has 0 unspecified atom stereocenters. The van der Waals surface area contributed by atoms with E-state index in [4.69, 9.17) is 4.74 Å². The second-order valence-corrected chi connectivity index (χ2v) is 8.87. The molecule has 1 heterocycles. The van der Waals surface area contributed by atoms with Crippen LogP contribution in [0.3, 0.4) is 0 Å². The summed E-state index contributed by atoms with van der Waals surface area (Å²) in [5.41, 5.74) is 1.29. The molecule has 0 N–H and O–H groups in total. The predicted molar refractivity (Wildman–Crippen MR) is 116 cm³/mol. The molecule has 0 radical (unpaired) electrons. The van der Waals surface area contributed by atoms with Crippen LogP contribution in [0.15, 0.2) is 53.9 Å². The standard InChI is InChI=1S/C21H23N3O6S/c1-17-7-8-20(19(15-17)24(26)27)30-16-21(25)22-10-12-23(13-11-22)31(28,29)14-9-18-5-3-2-4-6-18/h2-9,14-15H,10-13,16H2,1H3/b14-9+.